The van der Waals surface area contributed by atoms with Crippen molar-refractivity contribution in [2.45, 2.75) is 26.6 Å². The molecule has 0 saturated heterocycles. The maximum atomic E-state index is 12.3. The summed E-state index contributed by atoms with van der Waals surface area (Å²) in [7, 11) is 0. The number of hydrogen-bond donors (Lipinski definition) is 2. The summed E-state index contributed by atoms with van der Waals surface area (Å²) < 4.78 is 11.9. The monoisotopic (exact) mass is 367 g/mol. The Morgan fingerprint density at radius 3 is 2.70 bits per heavy atom. The molecule has 1 aliphatic heterocycles. The number of nitrogens with one attached hydrogen (secondary N) is 1. The van der Waals surface area contributed by atoms with Gasteiger partial charge in [0.15, 0.2) is 17.6 Å². The molecule has 1 unspecified atom stereocenters. The van der Waals surface area contributed by atoms with Crippen molar-refractivity contribution in [3.8, 4) is 11.5 Å². The zero-order chi connectivity index (χ0) is 19.4. The summed E-state index contributed by atoms with van der Waals surface area (Å²) in [5.41, 5.74) is 2.04. The third-order valence-corrected chi connectivity index (χ3v) is 4.10. The van der Waals surface area contributed by atoms with Gasteiger partial charge in [-0.15, -0.1) is 0 Å². The first-order valence-electron chi connectivity index (χ1n) is 8.67. The van der Waals surface area contributed by atoms with Crippen molar-refractivity contribution in [2.75, 3.05) is 5.32 Å². The van der Waals surface area contributed by atoms with Crippen LogP contribution in [-0.4, -0.2) is 23.1 Å². The summed E-state index contributed by atoms with van der Waals surface area (Å²) in [4.78, 5) is 23.1. The first-order chi connectivity index (χ1) is 12.9. The number of carbonyl (C=O) groups is 2. The standard InChI is InChI=1S/C21H21NO5/c1-13(2)19-21(25)22-16-10-15(8-9-18(23)24)11-17(20(16)27-19)26-12-14-6-4-3-5-7-14/h3-11,13,19H,12H2,1-2H3,(H,22,25)(H,23,24)/b9-8+. The van der Waals surface area contributed by atoms with Gasteiger partial charge in [-0.1, -0.05) is 44.2 Å². The van der Waals surface area contributed by atoms with Crippen LogP contribution in [0.4, 0.5) is 5.69 Å². The van der Waals surface area contributed by atoms with E-state index in [9.17, 15) is 9.59 Å². The third kappa shape index (κ3) is 4.47. The number of anilines is 1. The van der Waals surface area contributed by atoms with E-state index in [1.54, 1.807) is 12.1 Å². The van der Waals surface area contributed by atoms with E-state index in [2.05, 4.69) is 5.32 Å². The molecule has 2 aromatic carbocycles. The second kappa shape index (κ2) is 7.95. The number of benzene rings is 2. The zero-order valence-electron chi connectivity index (χ0n) is 15.1. The van der Waals surface area contributed by atoms with Crippen LogP contribution in [0.5, 0.6) is 11.5 Å². The van der Waals surface area contributed by atoms with E-state index < -0.39 is 12.1 Å². The molecule has 0 spiro atoms. The summed E-state index contributed by atoms with van der Waals surface area (Å²) in [5.74, 6) is -0.388. The van der Waals surface area contributed by atoms with Crippen molar-refractivity contribution < 1.29 is 24.2 Å². The number of fused-ring (bicyclic) bond motifs is 1. The Morgan fingerprint density at radius 2 is 2.04 bits per heavy atom. The van der Waals surface area contributed by atoms with E-state index >= 15 is 0 Å². The minimum atomic E-state index is -1.06. The van der Waals surface area contributed by atoms with E-state index in [1.165, 1.54) is 6.08 Å². The van der Waals surface area contributed by atoms with E-state index in [4.69, 9.17) is 14.6 Å². The van der Waals surface area contributed by atoms with Gasteiger partial charge in [0.1, 0.15) is 6.61 Å². The van der Waals surface area contributed by atoms with Crippen LogP contribution >= 0.6 is 0 Å². The molecule has 140 valence electrons. The average molecular weight is 367 g/mol. The number of hydrogen-bond acceptors (Lipinski definition) is 4. The fourth-order valence-corrected chi connectivity index (χ4v) is 2.77. The normalized spacial score (nSPS) is 16.0. The van der Waals surface area contributed by atoms with Gasteiger partial charge in [-0.2, -0.15) is 0 Å². The van der Waals surface area contributed by atoms with Gasteiger partial charge in [0.05, 0.1) is 5.69 Å². The van der Waals surface area contributed by atoms with Gasteiger partial charge in [-0.05, 0) is 35.3 Å². The predicted octanol–water partition coefficient (Wildman–Crippen LogP) is 3.72. The lowest BCUT2D eigenvalue weighted by molar-refractivity contribution is -0.131. The van der Waals surface area contributed by atoms with Crippen LogP contribution in [0.1, 0.15) is 25.0 Å². The molecular formula is C21H21NO5. The fraction of sp³-hybridized carbons (Fsp3) is 0.238. The van der Waals surface area contributed by atoms with E-state index in [0.717, 1.165) is 11.6 Å². The first kappa shape index (κ1) is 18.5. The van der Waals surface area contributed by atoms with Crippen molar-refractivity contribution in [3.05, 3.63) is 59.7 Å². The Balaban J connectivity index is 1.95. The second-order valence-corrected chi connectivity index (χ2v) is 6.61. The number of carboxylic acids is 1. The Labute approximate surface area is 157 Å². The van der Waals surface area contributed by atoms with Crippen molar-refractivity contribution in [2.24, 2.45) is 5.92 Å². The summed E-state index contributed by atoms with van der Waals surface area (Å²) in [5, 5.41) is 11.7. The van der Waals surface area contributed by atoms with Gasteiger partial charge in [-0.25, -0.2) is 4.79 Å². The van der Waals surface area contributed by atoms with Crippen molar-refractivity contribution in [3.63, 3.8) is 0 Å². The van der Waals surface area contributed by atoms with E-state index in [0.29, 0.717) is 29.4 Å². The minimum Gasteiger partial charge on any atom is -0.485 e. The summed E-state index contributed by atoms with van der Waals surface area (Å²) in [6.07, 6.45) is 1.86. The lowest BCUT2D eigenvalue weighted by Gasteiger charge is -2.29. The summed E-state index contributed by atoms with van der Waals surface area (Å²) in [6.45, 7) is 4.14. The smallest absolute Gasteiger partial charge is 0.328 e. The molecule has 6 heteroatoms. The molecule has 0 aliphatic carbocycles. The summed E-state index contributed by atoms with van der Waals surface area (Å²) in [6, 6.07) is 13.0. The lowest BCUT2D eigenvalue weighted by Crippen LogP contribution is -2.40. The highest BCUT2D eigenvalue weighted by molar-refractivity contribution is 5.99. The highest BCUT2D eigenvalue weighted by atomic mass is 16.5. The third-order valence-electron chi connectivity index (χ3n) is 4.10. The van der Waals surface area contributed by atoms with Gasteiger partial charge in [-0.3, -0.25) is 4.79 Å². The lowest BCUT2D eigenvalue weighted by atomic mass is 10.0. The van der Waals surface area contributed by atoms with Gasteiger partial charge in [0.25, 0.3) is 5.91 Å². The van der Waals surface area contributed by atoms with Crippen LogP contribution < -0.4 is 14.8 Å². The zero-order valence-corrected chi connectivity index (χ0v) is 15.1. The van der Waals surface area contributed by atoms with Gasteiger partial charge < -0.3 is 19.9 Å². The minimum absolute atomic E-state index is 0.00768. The SMILES string of the molecule is CC(C)C1Oc2c(cc(/C=C/C(=O)O)cc2OCc2ccccc2)NC1=O. The molecular weight excluding hydrogens is 346 g/mol. The molecule has 3 rings (SSSR count). The predicted molar refractivity (Wildman–Crippen MR) is 102 cm³/mol. The van der Waals surface area contributed by atoms with Crippen LogP contribution in [0.3, 0.4) is 0 Å². The molecule has 0 bridgehead atoms. The Morgan fingerprint density at radius 1 is 1.30 bits per heavy atom. The van der Waals surface area contributed by atoms with Crippen molar-refractivity contribution in [1.29, 1.82) is 0 Å². The number of rotatable bonds is 6. The summed E-state index contributed by atoms with van der Waals surface area (Å²) >= 11 is 0. The van der Waals surface area contributed by atoms with Crippen LogP contribution in [0.25, 0.3) is 6.08 Å². The van der Waals surface area contributed by atoms with Crippen molar-refractivity contribution >= 4 is 23.6 Å². The first-order valence-corrected chi connectivity index (χ1v) is 8.67. The Bertz CT molecular complexity index is 874. The fourth-order valence-electron chi connectivity index (χ4n) is 2.77. The van der Waals surface area contributed by atoms with Gasteiger partial charge in [0, 0.05) is 6.08 Å². The van der Waals surface area contributed by atoms with Crippen LogP contribution in [-0.2, 0) is 16.2 Å². The number of carbonyl (C=O) groups excluding carboxylic acids is 1. The molecule has 27 heavy (non-hydrogen) atoms. The molecule has 0 saturated carbocycles. The van der Waals surface area contributed by atoms with Crippen molar-refractivity contribution in [1.82, 2.24) is 0 Å². The quantitative estimate of drug-likeness (QED) is 0.760. The molecule has 6 nitrogen and oxygen atoms in total. The van der Waals surface area contributed by atoms with Crippen LogP contribution in [0.15, 0.2) is 48.5 Å². The molecule has 2 aromatic rings. The van der Waals surface area contributed by atoms with Gasteiger partial charge in [0.2, 0.25) is 0 Å². The maximum Gasteiger partial charge on any atom is 0.328 e. The molecule has 0 aromatic heterocycles. The Kier molecular flexibility index (Phi) is 5.45. The maximum absolute atomic E-state index is 12.3. The number of ether oxygens (including phenoxy) is 2. The molecule has 1 amide bonds. The molecule has 1 aliphatic rings. The highest BCUT2D eigenvalue weighted by Gasteiger charge is 2.32. The van der Waals surface area contributed by atoms with Gasteiger partial charge >= 0.3 is 5.97 Å². The highest BCUT2D eigenvalue weighted by Crippen LogP contribution is 2.41. The number of amides is 1. The average Bonchev–Trinajstić information content (AvgIpc) is 2.64. The second-order valence-electron chi connectivity index (χ2n) is 6.61. The molecule has 1 heterocycles. The molecule has 0 fully saturated rings. The van der Waals surface area contributed by atoms with Crippen LogP contribution in [0, 0.1) is 5.92 Å². The molecule has 0 radical (unpaired) electrons. The largest absolute Gasteiger partial charge is 0.485 e. The number of carboxylic acid groups (broad SMARTS) is 1. The van der Waals surface area contributed by atoms with E-state index in [1.807, 2.05) is 44.2 Å². The topological polar surface area (TPSA) is 84.9 Å². The van der Waals surface area contributed by atoms with E-state index in [-0.39, 0.29) is 11.8 Å². The molecule has 2 N–H and O–H groups in total. The van der Waals surface area contributed by atoms with Crippen LogP contribution in [0.2, 0.25) is 0 Å². The molecule has 1 atom stereocenters. The number of aliphatic carboxylic acids is 1. The Hall–Kier alpha value is -3.28.